The van der Waals surface area contributed by atoms with Crippen molar-refractivity contribution in [3.63, 3.8) is 0 Å². The van der Waals surface area contributed by atoms with Crippen LogP contribution in [0.2, 0.25) is 0 Å². The maximum Gasteiger partial charge on any atom is 0.222 e. The Balaban J connectivity index is 2.53. The topological polar surface area (TPSA) is 46.3 Å². The summed E-state index contributed by atoms with van der Waals surface area (Å²) >= 11 is 0. The molecular formula is C11H22N2O. The molecule has 3 nitrogen and oxygen atoms in total. The van der Waals surface area contributed by atoms with Crippen molar-refractivity contribution in [3.8, 4) is 0 Å². The van der Waals surface area contributed by atoms with E-state index in [0.717, 1.165) is 25.8 Å². The number of hydrogen-bond donors (Lipinski definition) is 1. The van der Waals surface area contributed by atoms with Crippen molar-refractivity contribution >= 4 is 5.91 Å². The summed E-state index contributed by atoms with van der Waals surface area (Å²) in [6.45, 7) is 5.87. The summed E-state index contributed by atoms with van der Waals surface area (Å²) in [6.07, 6.45) is 3.94. The van der Waals surface area contributed by atoms with E-state index in [9.17, 15) is 4.79 Å². The van der Waals surface area contributed by atoms with Crippen LogP contribution in [0.5, 0.6) is 0 Å². The SMILES string of the molecule is CC(C)CC(CN)N1CCCCC1=O. The molecule has 3 heteroatoms. The Hall–Kier alpha value is -0.570. The number of nitrogens with two attached hydrogens (primary N) is 1. The number of rotatable bonds is 4. The van der Waals surface area contributed by atoms with E-state index in [4.69, 9.17) is 5.73 Å². The highest BCUT2D eigenvalue weighted by atomic mass is 16.2. The molecule has 0 spiro atoms. The van der Waals surface area contributed by atoms with Crippen LogP contribution >= 0.6 is 0 Å². The van der Waals surface area contributed by atoms with Crippen molar-refractivity contribution in [1.29, 1.82) is 0 Å². The van der Waals surface area contributed by atoms with E-state index in [0.29, 0.717) is 24.8 Å². The maximum absolute atomic E-state index is 11.6. The molecule has 1 heterocycles. The third-order valence-corrected chi connectivity index (χ3v) is 2.82. The van der Waals surface area contributed by atoms with Crippen LogP contribution in [0.1, 0.15) is 39.5 Å². The number of hydrogen-bond acceptors (Lipinski definition) is 2. The van der Waals surface area contributed by atoms with E-state index in [-0.39, 0.29) is 6.04 Å². The van der Waals surface area contributed by atoms with Gasteiger partial charge in [0.15, 0.2) is 0 Å². The predicted octanol–water partition coefficient (Wildman–Crippen LogP) is 1.37. The standard InChI is InChI=1S/C11H22N2O/c1-9(2)7-10(8-12)13-6-4-3-5-11(13)14/h9-10H,3-8,12H2,1-2H3. The van der Waals surface area contributed by atoms with Gasteiger partial charge in [0.1, 0.15) is 0 Å². The molecular weight excluding hydrogens is 176 g/mol. The first-order valence-corrected chi connectivity index (χ1v) is 5.64. The first-order chi connectivity index (χ1) is 6.65. The van der Waals surface area contributed by atoms with Crippen LogP contribution in [0.15, 0.2) is 0 Å². The van der Waals surface area contributed by atoms with Crippen LogP contribution in [0, 0.1) is 5.92 Å². The molecule has 1 atom stereocenters. The Morgan fingerprint density at radius 3 is 2.64 bits per heavy atom. The van der Waals surface area contributed by atoms with Crippen LogP contribution in [-0.2, 0) is 4.79 Å². The van der Waals surface area contributed by atoms with E-state index in [1.54, 1.807) is 0 Å². The summed E-state index contributed by atoms with van der Waals surface area (Å²) in [5.74, 6) is 0.908. The lowest BCUT2D eigenvalue weighted by atomic mass is 9.99. The molecule has 0 radical (unpaired) electrons. The van der Waals surface area contributed by atoms with Gasteiger partial charge in [-0.2, -0.15) is 0 Å². The van der Waals surface area contributed by atoms with Crippen LogP contribution in [0.25, 0.3) is 0 Å². The minimum atomic E-state index is 0.266. The molecule has 82 valence electrons. The normalized spacial score (nSPS) is 20.3. The second kappa shape index (κ2) is 5.35. The van der Waals surface area contributed by atoms with Crippen molar-refractivity contribution in [2.75, 3.05) is 13.1 Å². The molecule has 0 aromatic heterocycles. The first kappa shape index (κ1) is 11.5. The predicted molar refractivity (Wildman–Crippen MR) is 57.9 cm³/mol. The van der Waals surface area contributed by atoms with Gasteiger partial charge in [-0.3, -0.25) is 4.79 Å². The second-order valence-corrected chi connectivity index (χ2v) is 4.56. The van der Waals surface area contributed by atoms with Crippen LogP contribution < -0.4 is 5.73 Å². The zero-order chi connectivity index (χ0) is 10.6. The molecule has 0 saturated carbocycles. The molecule has 1 saturated heterocycles. The quantitative estimate of drug-likeness (QED) is 0.741. The van der Waals surface area contributed by atoms with Gasteiger partial charge >= 0.3 is 0 Å². The lowest BCUT2D eigenvalue weighted by Crippen LogP contribution is -2.47. The number of likely N-dealkylation sites (tertiary alicyclic amines) is 1. The average molecular weight is 198 g/mol. The lowest BCUT2D eigenvalue weighted by Gasteiger charge is -2.35. The summed E-state index contributed by atoms with van der Waals surface area (Å²) in [5, 5.41) is 0. The number of carbonyl (C=O) groups is 1. The van der Waals surface area contributed by atoms with E-state index < -0.39 is 0 Å². The van der Waals surface area contributed by atoms with Gasteiger partial charge in [0, 0.05) is 25.6 Å². The summed E-state index contributed by atoms with van der Waals surface area (Å²) in [5.41, 5.74) is 5.72. The average Bonchev–Trinajstić information content (AvgIpc) is 2.15. The van der Waals surface area contributed by atoms with Gasteiger partial charge in [0.2, 0.25) is 5.91 Å². The van der Waals surface area contributed by atoms with Gasteiger partial charge in [0.25, 0.3) is 0 Å². The van der Waals surface area contributed by atoms with E-state index in [1.165, 1.54) is 0 Å². The Morgan fingerprint density at radius 1 is 1.43 bits per heavy atom. The molecule has 1 aliphatic heterocycles. The summed E-state index contributed by atoms with van der Waals surface area (Å²) < 4.78 is 0. The second-order valence-electron chi connectivity index (χ2n) is 4.56. The van der Waals surface area contributed by atoms with Gasteiger partial charge in [-0.05, 0) is 25.2 Å². The fraction of sp³-hybridized carbons (Fsp3) is 0.909. The van der Waals surface area contributed by atoms with E-state index in [2.05, 4.69) is 13.8 Å². The molecule has 1 aliphatic rings. The molecule has 1 amide bonds. The molecule has 0 aromatic carbocycles. The molecule has 1 fully saturated rings. The van der Waals surface area contributed by atoms with E-state index >= 15 is 0 Å². The number of carbonyl (C=O) groups excluding carboxylic acids is 1. The van der Waals surface area contributed by atoms with Crippen molar-refractivity contribution in [2.24, 2.45) is 11.7 Å². The third-order valence-electron chi connectivity index (χ3n) is 2.82. The minimum Gasteiger partial charge on any atom is -0.338 e. The molecule has 0 aliphatic carbocycles. The van der Waals surface area contributed by atoms with E-state index in [1.807, 2.05) is 4.90 Å². The van der Waals surface area contributed by atoms with Gasteiger partial charge in [0.05, 0.1) is 0 Å². The summed E-state index contributed by atoms with van der Waals surface area (Å²) in [6, 6.07) is 0.266. The number of amides is 1. The highest BCUT2D eigenvalue weighted by molar-refractivity contribution is 5.77. The third kappa shape index (κ3) is 2.98. The molecule has 0 bridgehead atoms. The van der Waals surface area contributed by atoms with Crippen molar-refractivity contribution in [3.05, 3.63) is 0 Å². The number of nitrogens with zero attached hydrogens (tertiary/aromatic N) is 1. The van der Waals surface area contributed by atoms with Crippen molar-refractivity contribution in [2.45, 2.75) is 45.6 Å². The molecule has 2 N–H and O–H groups in total. The largest absolute Gasteiger partial charge is 0.338 e. The highest BCUT2D eigenvalue weighted by Crippen LogP contribution is 2.17. The van der Waals surface area contributed by atoms with Crippen LogP contribution in [0.4, 0.5) is 0 Å². The zero-order valence-electron chi connectivity index (χ0n) is 9.33. The molecule has 0 aromatic rings. The molecule has 14 heavy (non-hydrogen) atoms. The Bertz CT molecular complexity index is 192. The van der Waals surface area contributed by atoms with Gasteiger partial charge in [-0.15, -0.1) is 0 Å². The fourth-order valence-electron chi connectivity index (χ4n) is 2.11. The lowest BCUT2D eigenvalue weighted by molar-refractivity contribution is -0.135. The molecule has 1 unspecified atom stereocenters. The first-order valence-electron chi connectivity index (χ1n) is 5.64. The zero-order valence-corrected chi connectivity index (χ0v) is 9.33. The van der Waals surface area contributed by atoms with Gasteiger partial charge in [-0.1, -0.05) is 13.8 Å². The van der Waals surface area contributed by atoms with Crippen LogP contribution in [0.3, 0.4) is 0 Å². The van der Waals surface area contributed by atoms with Crippen LogP contribution in [-0.4, -0.2) is 29.9 Å². The summed E-state index contributed by atoms with van der Waals surface area (Å²) in [4.78, 5) is 13.6. The Morgan fingerprint density at radius 2 is 2.14 bits per heavy atom. The van der Waals surface area contributed by atoms with Gasteiger partial charge < -0.3 is 10.6 Å². The van der Waals surface area contributed by atoms with Crippen molar-refractivity contribution < 1.29 is 4.79 Å². The van der Waals surface area contributed by atoms with Gasteiger partial charge in [-0.25, -0.2) is 0 Å². The highest BCUT2D eigenvalue weighted by Gasteiger charge is 2.25. The maximum atomic E-state index is 11.6. The minimum absolute atomic E-state index is 0.266. The Kier molecular flexibility index (Phi) is 4.39. The monoisotopic (exact) mass is 198 g/mol. The number of piperidine rings is 1. The van der Waals surface area contributed by atoms with Crippen molar-refractivity contribution in [1.82, 2.24) is 4.90 Å². The smallest absolute Gasteiger partial charge is 0.222 e. The fourth-order valence-corrected chi connectivity index (χ4v) is 2.11. The summed E-state index contributed by atoms with van der Waals surface area (Å²) in [7, 11) is 0. The molecule has 1 rings (SSSR count). The Labute approximate surface area is 86.6 Å².